The van der Waals surface area contributed by atoms with Gasteiger partial charge in [0, 0.05) is 25.9 Å². The quantitative estimate of drug-likeness (QED) is 0.934. The lowest BCUT2D eigenvalue weighted by atomic mass is 9.97. The Morgan fingerprint density at radius 1 is 1.17 bits per heavy atom. The Morgan fingerprint density at radius 3 is 2.43 bits per heavy atom. The number of para-hydroxylation sites is 1. The molecule has 0 aliphatic carbocycles. The van der Waals surface area contributed by atoms with Gasteiger partial charge in [0.25, 0.3) is 5.56 Å². The standard InChI is InChI=1S/C18H25N3O2/c1-14-17(12-20-10-8-15(13-22)9-11-20)18(23)21(19(14)2)16-6-4-3-5-7-16/h3-7,15,22H,8-13H2,1-2H3. The van der Waals surface area contributed by atoms with Gasteiger partial charge < -0.3 is 5.11 Å². The number of hydrogen-bond donors (Lipinski definition) is 1. The number of aliphatic hydroxyl groups is 1. The first-order valence-corrected chi connectivity index (χ1v) is 8.28. The number of nitrogens with zero attached hydrogens (tertiary/aromatic N) is 3. The molecule has 1 aliphatic heterocycles. The molecule has 5 nitrogen and oxygen atoms in total. The van der Waals surface area contributed by atoms with E-state index in [1.54, 1.807) is 4.68 Å². The molecule has 1 N–H and O–H groups in total. The molecule has 0 radical (unpaired) electrons. The molecule has 1 fully saturated rings. The Labute approximate surface area is 136 Å². The van der Waals surface area contributed by atoms with Crippen molar-refractivity contribution >= 4 is 0 Å². The molecule has 5 heteroatoms. The lowest BCUT2D eigenvalue weighted by molar-refractivity contribution is 0.127. The van der Waals surface area contributed by atoms with Crippen LogP contribution in [-0.2, 0) is 13.6 Å². The third-order valence-electron chi connectivity index (χ3n) is 5.02. The van der Waals surface area contributed by atoms with Crippen LogP contribution in [0.1, 0.15) is 24.1 Å². The van der Waals surface area contributed by atoms with E-state index in [1.165, 1.54) is 0 Å². The maximum atomic E-state index is 12.9. The fourth-order valence-corrected chi connectivity index (χ4v) is 3.36. The summed E-state index contributed by atoms with van der Waals surface area (Å²) in [5.74, 6) is 0.420. The van der Waals surface area contributed by atoms with E-state index in [4.69, 9.17) is 0 Å². The number of piperidine rings is 1. The van der Waals surface area contributed by atoms with Gasteiger partial charge in [0.1, 0.15) is 0 Å². The average Bonchev–Trinajstić information content (AvgIpc) is 2.80. The van der Waals surface area contributed by atoms with Gasteiger partial charge in [-0.2, -0.15) is 0 Å². The van der Waals surface area contributed by atoms with Gasteiger partial charge in [0.2, 0.25) is 0 Å². The van der Waals surface area contributed by atoms with E-state index in [0.717, 1.165) is 42.9 Å². The van der Waals surface area contributed by atoms with E-state index in [9.17, 15) is 9.90 Å². The number of rotatable bonds is 4. The van der Waals surface area contributed by atoms with Crippen molar-refractivity contribution in [2.45, 2.75) is 26.3 Å². The maximum Gasteiger partial charge on any atom is 0.276 e. The number of aliphatic hydroxyl groups excluding tert-OH is 1. The minimum absolute atomic E-state index is 0.0699. The van der Waals surface area contributed by atoms with Gasteiger partial charge >= 0.3 is 0 Å². The van der Waals surface area contributed by atoms with Crippen LogP contribution >= 0.6 is 0 Å². The summed E-state index contributed by atoms with van der Waals surface area (Å²) in [4.78, 5) is 15.2. The van der Waals surface area contributed by atoms with Crippen molar-refractivity contribution in [2.24, 2.45) is 13.0 Å². The molecule has 1 aromatic heterocycles. The van der Waals surface area contributed by atoms with Gasteiger partial charge in [-0.3, -0.25) is 14.4 Å². The van der Waals surface area contributed by atoms with Crippen LogP contribution in [0.5, 0.6) is 0 Å². The molecular weight excluding hydrogens is 290 g/mol. The van der Waals surface area contributed by atoms with Gasteiger partial charge in [-0.15, -0.1) is 0 Å². The highest BCUT2D eigenvalue weighted by molar-refractivity contribution is 5.33. The third-order valence-corrected chi connectivity index (χ3v) is 5.02. The highest BCUT2D eigenvalue weighted by Crippen LogP contribution is 2.19. The van der Waals surface area contributed by atoms with E-state index in [1.807, 2.05) is 49.0 Å². The van der Waals surface area contributed by atoms with Crippen LogP contribution < -0.4 is 5.56 Å². The van der Waals surface area contributed by atoms with E-state index in [0.29, 0.717) is 12.5 Å². The van der Waals surface area contributed by atoms with Crippen LogP contribution in [0.2, 0.25) is 0 Å². The molecule has 0 spiro atoms. The van der Waals surface area contributed by atoms with E-state index >= 15 is 0 Å². The highest BCUT2D eigenvalue weighted by Gasteiger charge is 2.22. The van der Waals surface area contributed by atoms with Crippen LogP contribution in [0.3, 0.4) is 0 Å². The summed E-state index contributed by atoms with van der Waals surface area (Å²) in [5.41, 5.74) is 2.86. The smallest absolute Gasteiger partial charge is 0.276 e. The molecule has 3 rings (SSSR count). The van der Waals surface area contributed by atoms with Crippen molar-refractivity contribution in [2.75, 3.05) is 19.7 Å². The van der Waals surface area contributed by atoms with Gasteiger partial charge in [-0.1, -0.05) is 18.2 Å². The van der Waals surface area contributed by atoms with Gasteiger partial charge in [0.15, 0.2) is 0 Å². The normalized spacial score (nSPS) is 16.8. The molecule has 0 bridgehead atoms. The number of hydrogen-bond acceptors (Lipinski definition) is 3. The summed E-state index contributed by atoms with van der Waals surface area (Å²) in [5, 5.41) is 9.25. The fourth-order valence-electron chi connectivity index (χ4n) is 3.36. The van der Waals surface area contributed by atoms with Crippen LogP contribution in [0.4, 0.5) is 0 Å². The minimum atomic E-state index is 0.0699. The summed E-state index contributed by atoms with van der Waals surface area (Å²) in [6, 6.07) is 9.76. The highest BCUT2D eigenvalue weighted by atomic mass is 16.3. The van der Waals surface area contributed by atoms with Crippen molar-refractivity contribution in [1.29, 1.82) is 0 Å². The van der Waals surface area contributed by atoms with Crippen LogP contribution in [0.25, 0.3) is 5.69 Å². The SMILES string of the molecule is Cc1c(CN2CCC(CO)CC2)c(=O)n(-c2ccccc2)n1C. The largest absolute Gasteiger partial charge is 0.396 e. The maximum absolute atomic E-state index is 12.9. The third kappa shape index (κ3) is 3.12. The molecule has 1 aromatic carbocycles. The summed E-state index contributed by atoms with van der Waals surface area (Å²) in [6.07, 6.45) is 2.02. The lowest BCUT2D eigenvalue weighted by Crippen LogP contribution is -2.35. The first-order chi connectivity index (χ1) is 11.1. The van der Waals surface area contributed by atoms with Crippen molar-refractivity contribution in [1.82, 2.24) is 14.3 Å². The first kappa shape index (κ1) is 16.0. The Balaban J connectivity index is 1.85. The first-order valence-electron chi connectivity index (χ1n) is 8.28. The topological polar surface area (TPSA) is 50.4 Å². The van der Waals surface area contributed by atoms with Crippen molar-refractivity contribution in [3.8, 4) is 5.69 Å². The van der Waals surface area contributed by atoms with Crippen LogP contribution in [0.15, 0.2) is 35.1 Å². The molecule has 2 heterocycles. The monoisotopic (exact) mass is 315 g/mol. The van der Waals surface area contributed by atoms with Crippen LogP contribution in [-0.4, -0.2) is 39.1 Å². The second kappa shape index (κ2) is 6.72. The van der Waals surface area contributed by atoms with Gasteiger partial charge in [-0.25, -0.2) is 4.68 Å². The Kier molecular flexibility index (Phi) is 4.68. The Hall–Kier alpha value is -1.85. The molecule has 0 saturated carbocycles. The Morgan fingerprint density at radius 2 is 1.83 bits per heavy atom. The number of benzene rings is 1. The molecule has 0 atom stereocenters. The van der Waals surface area contributed by atoms with E-state index in [-0.39, 0.29) is 12.2 Å². The van der Waals surface area contributed by atoms with Gasteiger partial charge in [-0.05, 0) is 50.9 Å². The second-order valence-electron chi connectivity index (χ2n) is 6.44. The fraction of sp³-hybridized carbons (Fsp3) is 0.500. The minimum Gasteiger partial charge on any atom is -0.396 e. The molecule has 2 aromatic rings. The summed E-state index contributed by atoms with van der Waals surface area (Å²) in [7, 11) is 1.94. The molecule has 23 heavy (non-hydrogen) atoms. The van der Waals surface area contributed by atoms with Crippen molar-refractivity contribution < 1.29 is 5.11 Å². The molecule has 1 aliphatic rings. The number of likely N-dealkylation sites (tertiary alicyclic amines) is 1. The number of aromatic nitrogens is 2. The summed E-state index contributed by atoms with van der Waals surface area (Å²) in [6.45, 7) is 4.88. The van der Waals surface area contributed by atoms with Crippen molar-refractivity contribution in [3.05, 3.63) is 51.9 Å². The van der Waals surface area contributed by atoms with E-state index in [2.05, 4.69) is 4.90 Å². The van der Waals surface area contributed by atoms with E-state index < -0.39 is 0 Å². The van der Waals surface area contributed by atoms with Crippen molar-refractivity contribution in [3.63, 3.8) is 0 Å². The predicted octanol–water partition coefficient (Wildman–Crippen LogP) is 1.69. The molecular formula is C18H25N3O2. The molecule has 124 valence electrons. The predicted molar refractivity (Wildman–Crippen MR) is 90.8 cm³/mol. The molecule has 0 amide bonds. The van der Waals surface area contributed by atoms with Gasteiger partial charge in [0.05, 0.1) is 11.3 Å². The zero-order valence-corrected chi connectivity index (χ0v) is 13.9. The molecule has 0 unspecified atom stereocenters. The van der Waals surface area contributed by atoms with Crippen LogP contribution in [0, 0.1) is 12.8 Å². The zero-order valence-electron chi connectivity index (χ0n) is 13.9. The Bertz CT molecular complexity index is 710. The average molecular weight is 315 g/mol. The summed E-state index contributed by atoms with van der Waals surface area (Å²) < 4.78 is 3.68. The summed E-state index contributed by atoms with van der Waals surface area (Å²) >= 11 is 0. The molecule has 1 saturated heterocycles. The second-order valence-corrected chi connectivity index (χ2v) is 6.44. The zero-order chi connectivity index (χ0) is 16.4. The lowest BCUT2D eigenvalue weighted by Gasteiger charge is -2.30.